The topological polar surface area (TPSA) is 113 Å². The van der Waals surface area contributed by atoms with Gasteiger partial charge in [-0.2, -0.15) is 0 Å². The van der Waals surface area contributed by atoms with Crippen LogP contribution in [0, 0.1) is 21.4 Å². The van der Waals surface area contributed by atoms with Crippen molar-refractivity contribution in [3.8, 4) is 0 Å². The molecule has 2 aromatic carbocycles. The highest BCUT2D eigenvalue weighted by Gasteiger charge is 2.48. The first-order valence-corrected chi connectivity index (χ1v) is 11.6. The highest BCUT2D eigenvalue weighted by molar-refractivity contribution is 6.30. The highest BCUT2D eigenvalue weighted by atomic mass is 35.5. The van der Waals surface area contributed by atoms with Crippen LogP contribution in [0.1, 0.15) is 43.1 Å². The molecule has 1 fully saturated rings. The van der Waals surface area contributed by atoms with Gasteiger partial charge in [-0.25, -0.2) is 0 Å². The number of aliphatic hydroxyl groups is 1. The number of aldehydes is 1. The molecule has 1 heterocycles. The minimum atomic E-state index is -1.03. The molecule has 3 rings (SSSR count). The summed E-state index contributed by atoms with van der Waals surface area (Å²) >= 11 is 6.01. The lowest BCUT2D eigenvalue weighted by Gasteiger charge is -2.51. The van der Waals surface area contributed by atoms with E-state index >= 15 is 0 Å². The average molecular weight is 488 g/mol. The second kappa shape index (κ2) is 10.2. The fourth-order valence-electron chi connectivity index (χ4n) is 4.73. The van der Waals surface area contributed by atoms with Crippen LogP contribution in [0.4, 0.5) is 5.69 Å². The lowest BCUT2D eigenvalue weighted by Crippen LogP contribution is -2.57. The molecule has 34 heavy (non-hydrogen) atoms. The van der Waals surface area contributed by atoms with E-state index in [1.54, 1.807) is 18.2 Å². The van der Waals surface area contributed by atoms with E-state index < -0.39 is 27.9 Å². The maximum absolute atomic E-state index is 12.7. The number of nitrogens with zero attached hydrogens (tertiary/aromatic N) is 2. The number of nitro groups is 1. The van der Waals surface area contributed by atoms with E-state index in [-0.39, 0.29) is 17.2 Å². The number of piperidine rings is 1. The lowest BCUT2D eigenvalue weighted by atomic mass is 9.66. The summed E-state index contributed by atoms with van der Waals surface area (Å²) in [5.41, 5.74) is -1.09. The van der Waals surface area contributed by atoms with Gasteiger partial charge >= 0.3 is 0 Å². The third kappa shape index (κ3) is 5.29. The molecule has 8 nitrogen and oxygen atoms in total. The molecule has 1 amide bonds. The Morgan fingerprint density at radius 3 is 2.50 bits per heavy atom. The van der Waals surface area contributed by atoms with E-state index in [0.717, 1.165) is 5.56 Å². The first-order valence-electron chi connectivity index (χ1n) is 11.2. The normalized spacial score (nSPS) is 21.9. The van der Waals surface area contributed by atoms with Crippen molar-refractivity contribution in [3.63, 3.8) is 0 Å². The second-order valence-corrected chi connectivity index (χ2v) is 10.1. The molecule has 182 valence electrons. The maximum atomic E-state index is 12.7. The van der Waals surface area contributed by atoms with E-state index in [4.69, 9.17) is 11.6 Å². The number of benzene rings is 2. The van der Waals surface area contributed by atoms with Crippen molar-refractivity contribution in [2.45, 2.75) is 38.8 Å². The van der Waals surface area contributed by atoms with Gasteiger partial charge in [0.2, 0.25) is 0 Å². The number of amides is 1. The Labute approximate surface area is 204 Å². The maximum Gasteiger partial charge on any atom is 0.282 e. The average Bonchev–Trinajstić information content (AvgIpc) is 2.79. The van der Waals surface area contributed by atoms with Crippen LogP contribution < -0.4 is 5.32 Å². The van der Waals surface area contributed by atoms with Crippen LogP contribution >= 0.6 is 11.6 Å². The van der Waals surface area contributed by atoms with Crippen molar-refractivity contribution in [3.05, 3.63) is 74.8 Å². The van der Waals surface area contributed by atoms with Crippen molar-refractivity contribution >= 4 is 29.5 Å². The summed E-state index contributed by atoms with van der Waals surface area (Å²) in [7, 11) is 0. The number of hydrogen-bond donors (Lipinski definition) is 2. The summed E-state index contributed by atoms with van der Waals surface area (Å²) < 4.78 is 0. The molecule has 3 atom stereocenters. The van der Waals surface area contributed by atoms with Crippen LogP contribution in [0.2, 0.25) is 5.02 Å². The van der Waals surface area contributed by atoms with Gasteiger partial charge in [0.1, 0.15) is 11.8 Å². The van der Waals surface area contributed by atoms with Crippen LogP contribution in [0.3, 0.4) is 0 Å². The minimum absolute atomic E-state index is 0.0846. The number of carbonyl (C=O) groups excluding carboxylic acids is 2. The van der Waals surface area contributed by atoms with E-state index in [1.807, 2.05) is 32.9 Å². The number of halogens is 1. The zero-order valence-corrected chi connectivity index (χ0v) is 20.3. The molecule has 1 saturated heterocycles. The molecule has 9 heteroatoms. The number of hydrogen-bond acceptors (Lipinski definition) is 6. The zero-order valence-electron chi connectivity index (χ0n) is 19.5. The Morgan fingerprint density at radius 2 is 1.91 bits per heavy atom. The molecule has 0 bridgehead atoms. The molecular weight excluding hydrogens is 458 g/mol. The fraction of sp³-hybridized carbons (Fsp3) is 0.440. The Morgan fingerprint density at radius 1 is 1.26 bits per heavy atom. The summed E-state index contributed by atoms with van der Waals surface area (Å²) in [4.78, 5) is 37.3. The molecule has 1 aliphatic rings. The van der Waals surface area contributed by atoms with Crippen LogP contribution in [0.25, 0.3) is 0 Å². The Kier molecular flexibility index (Phi) is 7.75. The summed E-state index contributed by atoms with van der Waals surface area (Å²) in [6, 6.07) is 12.1. The molecule has 1 aliphatic heterocycles. The van der Waals surface area contributed by atoms with Crippen molar-refractivity contribution in [2.75, 3.05) is 19.6 Å². The molecule has 1 unspecified atom stereocenters. The molecule has 0 radical (unpaired) electrons. The first kappa shape index (κ1) is 25.8. The Bertz CT molecular complexity index is 1060. The number of likely N-dealkylation sites (tertiary alicyclic amines) is 1. The van der Waals surface area contributed by atoms with Gasteiger partial charge in [-0.15, -0.1) is 0 Å². The number of nitrogens with one attached hydrogen (secondary N) is 1. The number of carbonyl (C=O) groups is 2. The largest absolute Gasteiger partial charge is 0.385 e. The van der Waals surface area contributed by atoms with Gasteiger partial charge in [-0.05, 0) is 36.1 Å². The van der Waals surface area contributed by atoms with Gasteiger partial charge in [0.15, 0.2) is 0 Å². The van der Waals surface area contributed by atoms with E-state index in [9.17, 15) is 24.8 Å². The second-order valence-electron chi connectivity index (χ2n) is 9.62. The van der Waals surface area contributed by atoms with Crippen LogP contribution in [-0.4, -0.2) is 52.8 Å². The summed E-state index contributed by atoms with van der Waals surface area (Å²) in [5.74, 6) is -0.908. The predicted octanol–water partition coefficient (Wildman–Crippen LogP) is 3.80. The Hall–Kier alpha value is -2.81. The van der Waals surface area contributed by atoms with Gasteiger partial charge in [0, 0.05) is 36.1 Å². The number of nitro benzene ring substituents is 1. The SMILES string of the molecule is C[C@@H](CN1CC[C@](O)(c2ccc(Cl)cc2)C(C)(C)C1)C(C=O)NC(=O)c1ccccc1[N+](=O)[O-]. The monoisotopic (exact) mass is 487 g/mol. The summed E-state index contributed by atoms with van der Waals surface area (Å²) in [6.45, 7) is 7.57. The van der Waals surface area contributed by atoms with E-state index in [0.29, 0.717) is 37.4 Å². The summed E-state index contributed by atoms with van der Waals surface area (Å²) in [5, 5.41) is 26.0. The minimum Gasteiger partial charge on any atom is -0.385 e. The van der Waals surface area contributed by atoms with Crippen LogP contribution in [0.15, 0.2) is 48.5 Å². The van der Waals surface area contributed by atoms with Gasteiger partial charge in [0.25, 0.3) is 11.6 Å². The zero-order chi connectivity index (χ0) is 25.1. The third-order valence-corrected chi connectivity index (χ3v) is 7.05. The quantitative estimate of drug-likeness (QED) is 0.332. The third-order valence-electron chi connectivity index (χ3n) is 6.80. The fourth-order valence-corrected chi connectivity index (χ4v) is 4.85. The van der Waals surface area contributed by atoms with Crippen molar-refractivity contribution in [2.24, 2.45) is 11.3 Å². The molecule has 0 aromatic heterocycles. The molecule has 2 N–H and O–H groups in total. The predicted molar refractivity (Wildman–Crippen MR) is 130 cm³/mol. The molecule has 0 saturated carbocycles. The van der Waals surface area contributed by atoms with Crippen molar-refractivity contribution in [1.82, 2.24) is 10.2 Å². The highest BCUT2D eigenvalue weighted by Crippen LogP contribution is 2.46. The molecule has 0 spiro atoms. The van der Waals surface area contributed by atoms with Gasteiger partial charge in [-0.1, -0.05) is 56.6 Å². The van der Waals surface area contributed by atoms with Crippen molar-refractivity contribution in [1.29, 1.82) is 0 Å². The van der Waals surface area contributed by atoms with E-state index in [1.165, 1.54) is 18.2 Å². The molecular formula is C25H30ClN3O5. The van der Waals surface area contributed by atoms with Crippen LogP contribution in [-0.2, 0) is 10.4 Å². The number of para-hydroxylation sites is 1. The molecule has 0 aliphatic carbocycles. The summed E-state index contributed by atoms with van der Waals surface area (Å²) in [6.07, 6.45) is 1.17. The van der Waals surface area contributed by atoms with Gasteiger partial charge < -0.3 is 20.1 Å². The smallest absolute Gasteiger partial charge is 0.282 e. The molecule has 2 aromatic rings. The first-order chi connectivity index (χ1) is 16.0. The van der Waals surface area contributed by atoms with E-state index in [2.05, 4.69) is 10.2 Å². The standard InChI is InChI=1S/C25H30ClN3O5/c1-17(21(15-30)27-23(31)20-6-4-5-7-22(20)29(33)34)14-28-13-12-25(32,24(2,3)16-28)18-8-10-19(26)11-9-18/h4-11,15,17,21,32H,12-14,16H2,1-3H3,(H,27,31)/t17-,21?,25-/m0/s1. The lowest BCUT2D eigenvalue weighted by molar-refractivity contribution is -0.385. The number of rotatable bonds is 8. The van der Waals surface area contributed by atoms with Crippen molar-refractivity contribution < 1.29 is 19.6 Å². The van der Waals surface area contributed by atoms with Gasteiger partial charge in [-0.3, -0.25) is 14.9 Å². The Balaban J connectivity index is 1.67. The van der Waals surface area contributed by atoms with Crippen LogP contribution in [0.5, 0.6) is 0 Å². The van der Waals surface area contributed by atoms with Gasteiger partial charge in [0.05, 0.1) is 16.6 Å².